The Kier molecular flexibility index (Phi) is 3.40. The number of halogens is 3. The number of nitrogens with zero attached hydrogens (tertiary/aromatic N) is 2. The highest BCUT2D eigenvalue weighted by atomic mass is 35.5. The fourth-order valence-electron chi connectivity index (χ4n) is 1.34. The molecule has 0 saturated carbocycles. The molecule has 0 atom stereocenters. The molecule has 0 fully saturated rings. The van der Waals surface area contributed by atoms with Gasteiger partial charge in [-0.2, -0.15) is 5.26 Å². The Balaban J connectivity index is 2.38. The molecule has 1 heterocycles. The molecule has 0 aliphatic carbocycles. The van der Waals surface area contributed by atoms with Gasteiger partial charge in [-0.1, -0.05) is 11.6 Å². The first kappa shape index (κ1) is 12.3. The van der Waals surface area contributed by atoms with E-state index in [-0.39, 0.29) is 22.1 Å². The van der Waals surface area contributed by atoms with Gasteiger partial charge in [0.25, 0.3) is 0 Å². The fraction of sp³-hybridized carbons (Fsp3) is 0. The van der Waals surface area contributed by atoms with Crippen LogP contribution in [0.4, 0.5) is 20.3 Å². The lowest BCUT2D eigenvalue weighted by Gasteiger charge is -2.08. The highest BCUT2D eigenvalue weighted by Gasteiger charge is 2.10. The molecule has 1 aromatic heterocycles. The van der Waals surface area contributed by atoms with Crippen LogP contribution in [0.1, 0.15) is 5.56 Å². The van der Waals surface area contributed by atoms with E-state index in [4.69, 9.17) is 16.9 Å². The Morgan fingerprint density at radius 2 is 2.06 bits per heavy atom. The van der Waals surface area contributed by atoms with Crippen molar-refractivity contribution in [1.82, 2.24) is 4.98 Å². The molecule has 0 bridgehead atoms. The highest BCUT2D eigenvalue weighted by molar-refractivity contribution is 6.34. The minimum absolute atomic E-state index is 0.0286. The first-order chi connectivity index (χ1) is 8.61. The number of nitrogens with one attached hydrogen (secondary N) is 1. The molecule has 1 N–H and O–H groups in total. The van der Waals surface area contributed by atoms with Crippen LogP contribution >= 0.6 is 11.6 Å². The predicted octanol–water partition coefficient (Wildman–Crippen LogP) is 3.63. The molecule has 2 rings (SSSR count). The van der Waals surface area contributed by atoms with E-state index >= 15 is 0 Å². The maximum atomic E-state index is 13.4. The van der Waals surface area contributed by atoms with Crippen LogP contribution in [0.3, 0.4) is 0 Å². The minimum Gasteiger partial charge on any atom is -0.337 e. The zero-order valence-corrected chi connectivity index (χ0v) is 9.67. The van der Waals surface area contributed by atoms with Gasteiger partial charge in [0.15, 0.2) is 5.82 Å². The second kappa shape index (κ2) is 4.98. The van der Waals surface area contributed by atoms with E-state index in [2.05, 4.69) is 10.3 Å². The van der Waals surface area contributed by atoms with Crippen LogP contribution in [0.25, 0.3) is 0 Å². The van der Waals surface area contributed by atoms with Crippen LogP contribution in [-0.2, 0) is 0 Å². The van der Waals surface area contributed by atoms with Gasteiger partial charge in [-0.25, -0.2) is 13.8 Å². The molecule has 3 nitrogen and oxygen atoms in total. The van der Waals surface area contributed by atoms with E-state index in [0.717, 1.165) is 12.1 Å². The second-order valence-electron chi connectivity index (χ2n) is 3.38. The van der Waals surface area contributed by atoms with Gasteiger partial charge in [-0.3, -0.25) is 0 Å². The van der Waals surface area contributed by atoms with Crippen molar-refractivity contribution in [3.63, 3.8) is 0 Å². The van der Waals surface area contributed by atoms with Gasteiger partial charge < -0.3 is 5.32 Å². The number of nitriles is 1. The Labute approximate surface area is 107 Å². The van der Waals surface area contributed by atoms with E-state index in [1.165, 1.54) is 18.3 Å². The zero-order chi connectivity index (χ0) is 13.1. The molecule has 0 saturated heterocycles. The van der Waals surface area contributed by atoms with Crippen molar-refractivity contribution in [2.45, 2.75) is 0 Å². The van der Waals surface area contributed by atoms with Crippen LogP contribution in [0.2, 0.25) is 5.02 Å². The van der Waals surface area contributed by atoms with Gasteiger partial charge in [0.1, 0.15) is 22.7 Å². The lowest BCUT2D eigenvalue weighted by Crippen LogP contribution is -1.98. The first-order valence-corrected chi connectivity index (χ1v) is 5.26. The summed E-state index contributed by atoms with van der Waals surface area (Å²) < 4.78 is 26.1. The average molecular weight is 266 g/mol. The van der Waals surface area contributed by atoms with Crippen LogP contribution in [0, 0.1) is 23.0 Å². The molecule has 6 heteroatoms. The molecule has 18 heavy (non-hydrogen) atoms. The van der Waals surface area contributed by atoms with Crippen molar-refractivity contribution in [1.29, 1.82) is 5.26 Å². The standard InChI is InChI=1S/C12H6ClF2N3/c13-11-7(6-16)3-4-17-12(11)18-10-2-1-8(14)5-9(10)15/h1-5H,(H,17,18). The maximum Gasteiger partial charge on any atom is 0.150 e. The average Bonchev–Trinajstić information content (AvgIpc) is 2.35. The lowest BCUT2D eigenvalue weighted by molar-refractivity contribution is 0.586. The third-order valence-corrected chi connectivity index (χ3v) is 2.58. The number of benzene rings is 1. The molecule has 0 unspecified atom stereocenters. The van der Waals surface area contributed by atoms with E-state index in [0.29, 0.717) is 0 Å². The van der Waals surface area contributed by atoms with Gasteiger partial charge in [-0.05, 0) is 18.2 Å². The summed E-state index contributed by atoms with van der Waals surface area (Å²) in [5.74, 6) is -1.31. The van der Waals surface area contributed by atoms with Gasteiger partial charge >= 0.3 is 0 Å². The summed E-state index contributed by atoms with van der Waals surface area (Å²) in [5.41, 5.74) is 0.248. The third-order valence-electron chi connectivity index (χ3n) is 2.19. The number of hydrogen-bond donors (Lipinski definition) is 1. The summed E-state index contributed by atoms with van der Waals surface area (Å²) in [6.45, 7) is 0. The minimum atomic E-state index is -0.768. The highest BCUT2D eigenvalue weighted by Crippen LogP contribution is 2.27. The van der Waals surface area contributed by atoms with Crippen molar-refractivity contribution >= 4 is 23.1 Å². The predicted molar refractivity (Wildman–Crippen MR) is 63.6 cm³/mol. The summed E-state index contributed by atoms with van der Waals surface area (Å²) in [7, 11) is 0. The summed E-state index contributed by atoms with van der Waals surface area (Å²) >= 11 is 5.90. The molecular formula is C12H6ClF2N3. The molecule has 90 valence electrons. The van der Waals surface area contributed by atoms with Crippen molar-refractivity contribution in [2.75, 3.05) is 5.32 Å². The second-order valence-corrected chi connectivity index (χ2v) is 3.76. The quantitative estimate of drug-likeness (QED) is 0.902. The number of hydrogen-bond acceptors (Lipinski definition) is 3. The SMILES string of the molecule is N#Cc1ccnc(Nc2ccc(F)cc2F)c1Cl. The van der Waals surface area contributed by atoms with Crippen molar-refractivity contribution in [3.05, 3.63) is 52.7 Å². The molecular weight excluding hydrogens is 260 g/mol. The van der Waals surface area contributed by atoms with Crippen LogP contribution in [-0.4, -0.2) is 4.98 Å². The monoisotopic (exact) mass is 265 g/mol. The Bertz CT molecular complexity index is 638. The smallest absolute Gasteiger partial charge is 0.150 e. The zero-order valence-electron chi connectivity index (χ0n) is 8.92. The molecule has 0 amide bonds. The summed E-state index contributed by atoms with van der Waals surface area (Å²) in [6.07, 6.45) is 1.37. The molecule has 1 aromatic carbocycles. The first-order valence-electron chi connectivity index (χ1n) is 4.88. The van der Waals surface area contributed by atoms with Gasteiger partial charge in [0, 0.05) is 12.3 Å². The Morgan fingerprint density at radius 3 is 2.72 bits per heavy atom. The summed E-state index contributed by atoms with van der Waals surface area (Å²) in [6, 6.07) is 6.39. The van der Waals surface area contributed by atoms with Crippen LogP contribution < -0.4 is 5.32 Å². The van der Waals surface area contributed by atoms with Gasteiger partial charge in [-0.15, -0.1) is 0 Å². The number of rotatable bonds is 2. The molecule has 0 aliphatic rings. The van der Waals surface area contributed by atoms with Crippen LogP contribution in [0.15, 0.2) is 30.5 Å². The van der Waals surface area contributed by atoms with Gasteiger partial charge in [0.05, 0.1) is 11.3 Å². The van der Waals surface area contributed by atoms with Crippen molar-refractivity contribution < 1.29 is 8.78 Å². The van der Waals surface area contributed by atoms with Crippen LogP contribution in [0.5, 0.6) is 0 Å². The number of aromatic nitrogens is 1. The normalized spacial score (nSPS) is 9.89. The number of anilines is 2. The fourth-order valence-corrected chi connectivity index (χ4v) is 1.54. The molecule has 0 radical (unpaired) electrons. The Hall–Kier alpha value is -2.19. The van der Waals surface area contributed by atoms with E-state index < -0.39 is 11.6 Å². The van der Waals surface area contributed by atoms with Gasteiger partial charge in [0.2, 0.25) is 0 Å². The lowest BCUT2D eigenvalue weighted by atomic mass is 10.2. The van der Waals surface area contributed by atoms with E-state index in [1.54, 1.807) is 0 Å². The summed E-state index contributed by atoms with van der Waals surface area (Å²) in [4.78, 5) is 3.89. The largest absolute Gasteiger partial charge is 0.337 e. The topological polar surface area (TPSA) is 48.7 Å². The van der Waals surface area contributed by atoms with E-state index in [1.807, 2.05) is 6.07 Å². The van der Waals surface area contributed by atoms with E-state index in [9.17, 15) is 8.78 Å². The van der Waals surface area contributed by atoms with Crippen molar-refractivity contribution in [3.8, 4) is 6.07 Å². The molecule has 0 aliphatic heterocycles. The molecule has 2 aromatic rings. The third kappa shape index (κ3) is 2.39. The number of pyridine rings is 1. The summed E-state index contributed by atoms with van der Waals surface area (Å²) in [5, 5.41) is 11.5. The Morgan fingerprint density at radius 1 is 1.28 bits per heavy atom. The maximum absolute atomic E-state index is 13.4. The van der Waals surface area contributed by atoms with Crippen molar-refractivity contribution in [2.24, 2.45) is 0 Å². The molecule has 0 spiro atoms.